The number of nitrogens with one attached hydrogen (secondary N) is 1. The monoisotopic (exact) mass is 255 g/mol. The molecule has 0 atom stereocenters. The van der Waals surface area contributed by atoms with Crippen molar-refractivity contribution in [3.63, 3.8) is 0 Å². The van der Waals surface area contributed by atoms with Crippen molar-refractivity contribution in [2.45, 2.75) is 0 Å². The van der Waals surface area contributed by atoms with Gasteiger partial charge in [-0.3, -0.25) is 0 Å². The van der Waals surface area contributed by atoms with Crippen LogP contribution in [0.3, 0.4) is 0 Å². The minimum absolute atomic E-state index is 0.0885. The van der Waals surface area contributed by atoms with Crippen LogP contribution in [-0.4, -0.2) is 4.98 Å². The number of nitrogens with two attached hydrogens (primary N) is 1. The molecule has 0 spiro atoms. The van der Waals surface area contributed by atoms with E-state index in [1.807, 2.05) is 0 Å². The van der Waals surface area contributed by atoms with E-state index in [0.717, 1.165) is 12.1 Å². The lowest BCUT2D eigenvalue weighted by Crippen LogP contribution is -1.98. The van der Waals surface area contributed by atoms with Crippen LogP contribution in [0.15, 0.2) is 30.5 Å². The quantitative estimate of drug-likeness (QED) is 0.865. The average Bonchev–Trinajstić information content (AvgIpc) is 2.25. The molecule has 2 aromatic rings. The third kappa shape index (κ3) is 2.62. The van der Waals surface area contributed by atoms with Crippen LogP contribution in [0.4, 0.5) is 26.0 Å². The summed E-state index contributed by atoms with van der Waals surface area (Å²) in [5.74, 6) is -1.12. The second-order valence-electron chi connectivity index (χ2n) is 3.35. The van der Waals surface area contributed by atoms with Gasteiger partial charge in [-0.15, -0.1) is 0 Å². The molecule has 17 heavy (non-hydrogen) atoms. The zero-order valence-corrected chi connectivity index (χ0v) is 9.30. The Hall–Kier alpha value is -1.88. The van der Waals surface area contributed by atoms with Crippen molar-refractivity contribution in [1.29, 1.82) is 0 Å². The molecule has 1 aromatic carbocycles. The second kappa shape index (κ2) is 4.55. The van der Waals surface area contributed by atoms with E-state index in [0.29, 0.717) is 5.69 Å². The van der Waals surface area contributed by atoms with Crippen LogP contribution in [0.25, 0.3) is 0 Å². The van der Waals surface area contributed by atoms with Crippen molar-refractivity contribution >= 4 is 28.8 Å². The summed E-state index contributed by atoms with van der Waals surface area (Å²) in [5.41, 5.74) is 5.96. The van der Waals surface area contributed by atoms with Crippen LogP contribution >= 0.6 is 11.6 Å². The van der Waals surface area contributed by atoms with Crippen LogP contribution in [0.1, 0.15) is 0 Å². The maximum absolute atomic E-state index is 13.3. The zero-order valence-electron chi connectivity index (χ0n) is 8.55. The molecular weight excluding hydrogens is 248 g/mol. The van der Waals surface area contributed by atoms with Gasteiger partial charge in [-0.25, -0.2) is 13.8 Å². The average molecular weight is 256 g/mol. The molecule has 0 aliphatic rings. The Labute approximate surface area is 101 Å². The van der Waals surface area contributed by atoms with E-state index in [4.69, 9.17) is 17.3 Å². The van der Waals surface area contributed by atoms with E-state index in [-0.39, 0.29) is 16.5 Å². The molecule has 0 saturated heterocycles. The highest BCUT2D eigenvalue weighted by Crippen LogP contribution is 2.26. The zero-order chi connectivity index (χ0) is 12.4. The largest absolute Gasteiger partial charge is 0.397 e. The number of rotatable bonds is 2. The molecule has 2 rings (SSSR count). The molecule has 1 aromatic heterocycles. The number of hydrogen-bond donors (Lipinski definition) is 2. The molecule has 0 aliphatic carbocycles. The smallest absolute Gasteiger partial charge is 0.149 e. The number of anilines is 3. The van der Waals surface area contributed by atoms with Gasteiger partial charge in [-0.1, -0.05) is 11.6 Å². The van der Waals surface area contributed by atoms with Gasteiger partial charge in [0.2, 0.25) is 0 Å². The van der Waals surface area contributed by atoms with Gasteiger partial charge in [-0.2, -0.15) is 0 Å². The van der Waals surface area contributed by atoms with Gasteiger partial charge in [0.15, 0.2) is 0 Å². The first kappa shape index (κ1) is 11.6. The predicted molar refractivity (Wildman–Crippen MR) is 63.3 cm³/mol. The maximum atomic E-state index is 13.3. The molecule has 0 radical (unpaired) electrons. The van der Waals surface area contributed by atoms with Crippen molar-refractivity contribution in [3.05, 3.63) is 47.1 Å². The number of nitrogens with zero attached hydrogens (tertiary/aromatic N) is 1. The SMILES string of the molecule is Nc1cnc(Nc2ccc(F)cc2F)c(Cl)c1. The van der Waals surface area contributed by atoms with E-state index >= 15 is 0 Å². The number of pyridine rings is 1. The van der Waals surface area contributed by atoms with Crippen LogP contribution in [0.5, 0.6) is 0 Å². The number of hydrogen-bond acceptors (Lipinski definition) is 3. The topological polar surface area (TPSA) is 50.9 Å². The molecule has 0 unspecified atom stereocenters. The van der Waals surface area contributed by atoms with Gasteiger partial charge in [0.25, 0.3) is 0 Å². The molecule has 88 valence electrons. The van der Waals surface area contributed by atoms with Crippen molar-refractivity contribution in [3.8, 4) is 0 Å². The van der Waals surface area contributed by atoms with E-state index in [9.17, 15) is 8.78 Å². The molecule has 6 heteroatoms. The lowest BCUT2D eigenvalue weighted by atomic mass is 10.3. The Kier molecular flexibility index (Phi) is 3.10. The van der Waals surface area contributed by atoms with Crippen molar-refractivity contribution in [2.75, 3.05) is 11.1 Å². The number of benzene rings is 1. The molecular formula is C11H8ClF2N3. The van der Waals surface area contributed by atoms with Crippen LogP contribution in [0, 0.1) is 11.6 Å². The van der Waals surface area contributed by atoms with Gasteiger partial charge < -0.3 is 11.1 Å². The summed E-state index contributed by atoms with van der Waals surface area (Å²) in [6.07, 6.45) is 1.38. The third-order valence-electron chi connectivity index (χ3n) is 2.05. The molecule has 3 nitrogen and oxygen atoms in total. The van der Waals surface area contributed by atoms with E-state index in [1.165, 1.54) is 18.3 Å². The minimum Gasteiger partial charge on any atom is -0.397 e. The Morgan fingerprint density at radius 1 is 1.24 bits per heavy atom. The summed E-state index contributed by atoms with van der Waals surface area (Å²) in [4.78, 5) is 3.91. The fourth-order valence-corrected chi connectivity index (χ4v) is 1.49. The van der Waals surface area contributed by atoms with Crippen molar-refractivity contribution < 1.29 is 8.78 Å². The Morgan fingerprint density at radius 2 is 2.00 bits per heavy atom. The Bertz CT molecular complexity index is 511. The maximum Gasteiger partial charge on any atom is 0.149 e. The summed E-state index contributed by atoms with van der Waals surface area (Å²) in [6, 6.07) is 4.65. The van der Waals surface area contributed by atoms with Crippen molar-refractivity contribution in [1.82, 2.24) is 4.98 Å². The number of nitrogen functional groups attached to an aromatic ring is 1. The lowest BCUT2D eigenvalue weighted by molar-refractivity contribution is 0.586. The predicted octanol–water partition coefficient (Wildman–Crippen LogP) is 3.34. The van der Waals surface area contributed by atoms with Gasteiger partial charge in [-0.05, 0) is 18.2 Å². The normalized spacial score (nSPS) is 10.3. The highest BCUT2D eigenvalue weighted by atomic mass is 35.5. The van der Waals surface area contributed by atoms with Gasteiger partial charge in [0, 0.05) is 6.07 Å². The Morgan fingerprint density at radius 3 is 2.65 bits per heavy atom. The molecule has 0 bridgehead atoms. The number of halogens is 3. The van der Waals surface area contributed by atoms with Gasteiger partial charge in [0.1, 0.15) is 17.5 Å². The fourth-order valence-electron chi connectivity index (χ4n) is 1.26. The van der Waals surface area contributed by atoms with Crippen LogP contribution in [-0.2, 0) is 0 Å². The molecule has 0 saturated carbocycles. The highest BCUT2D eigenvalue weighted by molar-refractivity contribution is 6.33. The van der Waals surface area contributed by atoms with E-state index in [1.54, 1.807) is 0 Å². The summed E-state index contributed by atoms with van der Waals surface area (Å²) < 4.78 is 26.0. The highest BCUT2D eigenvalue weighted by Gasteiger charge is 2.07. The van der Waals surface area contributed by atoms with Crippen LogP contribution in [0.2, 0.25) is 5.02 Å². The first-order chi connectivity index (χ1) is 8.06. The first-order valence-corrected chi connectivity index (χ1v) is 5.07. The standard InChI is InChI=1S/C11H8ClF2N3/c12-8-4-7(15)5-16-11(8)17-10-2-1-6(13)3-9(10)14/h1-5H,15H2,(H,16,17). The lowest BCUT2D eigenvalue weighted by Gasteiger charge is -2.08. The molecule has 0 fully saturated rings. The third-order valence-corrected chi connectivity index (χ3v) is 2.33. The molecule has 1 heterocycles. The molecule has 3 N–H and O–H groups in total. The van der Waals surface area contributed by atoms with Gasteiger partial charge >= 0.3 is 0 Å². The molecule has 0 aliphatic heterocycles. The van der Waals surface area contributed by atoms with Crippen LogP contribution < -0.4 is 11.1 Å². The molecule has 0 amide bonds. The number of aromatic nitrogens is 1. The minimum atomic E-state index is -0.723. The summed E-state index contributed by atoms with van der Waals surface area (Å²) >= 11 is 5.86. The summed E-state index contributed by atoms with van der Waals surface area (Å²) in [6.45, 7) is 0. The Balaban J connectivity index is 2.31. The summed E-state index contributed by atoms with van der Waals surface area (Å²) in [5, 5.41) is 2.91. The van der Waals surface area contributed by atoms with Crippen molar-refractivity contribution in [2.24, 2.45) is 0 Å². The van der Waals surface area contributed by atoms with Gasteiger partial charge in [0.05, 0.1) is 22.6 Å². The van der Waals surface area contributed by atoms with E-state index in [2.05, 4.69) is 10.3 Å². The fraction of sp³-hybridized carbons (Fsp3) is 0. The second-order valence-corrected chi connectivity index (χ2v) is 3.76. The summed E-state index contributed by atoms with van der Waals surface area (Å²) in [7, 11) is 0. The first-order valence-electron chi connectivity index (χ1n) is 4.69. The van der Waals surface area contributed by atoms with E-state index < -0.39 is 11.6 Å².